The topological polar surface area (TPSA) is 66.0 Å². The number of carbonyl (C=O) groups is 1. The predicted octanol–water partition coefficient (Wildman–Crippen LogP) is 4.57. The molecule has 8 heteroatoms. The summed E-state index contributed by atoms with van der Waals surface area (Å²) >= 11 is 1.79. The summed E-state index contributed by atoms with van der Waals surface area (Å²) in [5.74, 6) is 1.29. The SMILES string of the molecule is CN=C(NCC(C)c1cccs1)NC1CC2CCC(C1)N2C(=O)OC(C)(C)C.I. The van der Waals surface area contributed by atoms with E-state index in [1.165, 1.54) is 4.88 Å². The van der Waals surface area contributed by atoms with Gasteiger partial charge in [0.1, 0.15) is 5.60 Å². The molecular formula is C21H35IN4O2S. The standard InChI is InChI=1S/C21H34N4O2S.HI/c1-14(18-7-6-10-28-18)13-23-19(22-5)24-15-11-16-8-9-17(12-15)25(16)20(26)27-21(2,3)4;/h6-7,10,14-17H,8-9,11-13H2,1-5H3,(H2,22,23,24);1H. The maximum absolute atomic E-state index is 12.6. The van der Waals surface area contributed by atoms with E-state index in [2.05, 4.69) is 40.1 Å². The summed E-state index contributed by atoms with van der Waals surface area (Å²) in [7, 11) is 1.82. The maximum atomic E-state index is 12.6. The zero-order valence-electron chi connectivity index (χ0n) is 18.1. The largest absolute Gasteiger partial charge is 0.444 e. The molecule has 0 spiro atoms. The summed E-state index contributed by atoms with van der Waals surface area (Å²) in [6.45, 7) is 8.85. The molecular weight excluding hydrogens is 499 g/mol. The molecule has 2 aliphatic heterocycles. The molecule has 2 fully saturated rings. The molecule has 0 radical (unpaired) electrons. The van der Waals surface area contributed by atoms with Gasteiger partial charge in [-0.1, -0.05) is 13.0 Å². The lowest BCUT2D eigenvalue weighted by molar-refractivity contribution is 0.00545. The molecule has 0 saturated carbocycles. The lowest BCUT2D eigenvalue weighted by Gasteiger charge is -2.40. The molecule has 164 valence electrons. The van der Waals surface area contributed by atoms with Crippen molar-refractivity contribution in [2.24, 2.45) is 4.99 Å². The first kappa shape index (κ1) is 24.2. The molecule has 3 unspecified atom stereocenters. The average Bonchev–Trinajstić information content (AvgIpc) is 3.24. The quantitative estimate of drug-likeness (QED) is 0.338. The third-order valence-corrected chi connectivity index (χ3v) is 6.61. The highest BCUT2D eigenvalue weighted by molar-refractivity contribution is 14.0. The van der Waals surface area contributed by atoms with Gasteiger partial charge in [0.2, 0.25) is 0 Å². The van der Waals surface area contributed by atoms with Gasteiger partial charge in [0.25, 0.3) is 0 Å². The van der Waals surface area contributed by atoms with Crippen molar-refractivity contribution in [1.82, 2.24) is 15.5 Å². The van der Waals surface area contributed by atoms with Crippen LogP contribution in [0.3, 0.4) is 0 Å². The van der Waals surface area contributed by atoms with E-state index < -0.39 is 5.60 Å². The number of nitrogens with one attached hydrogen (secondary N) is 2. The van der Waals surface area contributed by atoms with E-state index in [0.717, 1.165) is 38.2 Å². The minimum absolute atomic E-state index is 0. The van der Waals surface area contributed by atoms with Crippen LogP contribution < -0.4 is 10.6 Å². The van der Waals surface area contributed by atoms with Gasteiger partial charge >= 0.3 is 6.09 Å². The molecule has 3 rings (SSSR count). The van der Waals surface area contributed by atoms with Gasteiger partial charge in [0.15, 0.2) is 5.96 Å². The van der Waals surface area contributed by atoms with Gasteiger partial charge in [-0.2, -0.15) is 0 Å². The summed E-state index contributed by atoms with van der Waals surface area (Å²) in [5.41, 5.74) is -0.448. The van der Waals surface area contributed by atoms with Crippen LogP contribution in [0.15, 0.2) is 22.5 Å². The fourth-order valence-corrected chi connectivity index (χ4v) is 5.00. The fourth-order valence-electron chi connectivity index (χ4n) is 4.22. The van der Waals surface area contributed by atoms with Gasteiger partial charge in [-0.25, -0.2) is 4.79 Å². The van der Waals surface area contributed by atoms with Crippen LogP contribution in [0.25, 0.3) is 0 Å². The van der Waals surface area contributed by atoms with Crippen molar-refractivity contribution in [3.8, 4) is 0 Å². The molecule has 3 heterocycles. The highest BCUT2D eigenvalue weighted by Gasteiger charge is 2.45. The summed E-state index contributed by atoms with van der Waals surface area (Å²) in [6, 6.07) is 5.12. The van der Waals surface area contributed by atoms with Gasteiger partial charge in [-0.05, 0) is 57.9 Å². The van der Waals surface area contributed by atoms with Gasteiger partial charge in [0.05, 0.1) is 0 Å². The highest BCUT2D eigenvalue weighted by Crippen LogP contribution is 2.36. The number of aliphatic imine (C=N–C) groups is 1. The number of halogens is 1. The number of rotatable bonds is 4. The first-order valence-corrected chi connectivity index (χ1v) is 11.2. The fraction of sp³-hybridized carbons (Fsp3) is 0.714. The van der Waals surface area contributed by atoms with E-state index in [1.807, 2.05) is 32.7 Å². The summed E-state index contributed by atoms with van der Waals surface area (Å²) in [5, 5.41) is 9.16. The Morgan fingerprint density at radius 1 is 1.34 bits per heavy atom. The zero-order valence-corrected chi connectivity index (χ0v) is 21.3. The number of piperidine rings is 1. The molecule has 2 aliphatic rings. The number of hydrogen-bond donors (Lipinski definition) is 2. The normalized spacial score (nSPS) is 25.2. The van der Waals surface area contributed by atoms with Gasteiger partial charge < -0.3 is 20.3 Å². The van der Waals surface area contributed by atoms with E-state index in [4.69, 9.17) is 4.74 Å². The van der Waals surface area contributed by atoms with Crippen molar-refractivity contribution in [2.45, 2.75) is 83.0 Å². The number of ether oxygens (including phenoxy) is 1. The van der Waals surface area contributed by atoms with Crippen molar-refractivity contribution in [3.05, 3.63) is 22.4 Å². The van der Waals surface area contributed by atoms with Crippen LogP contribution >= 0.6 is 35.3 Å². The molecule has 1 aromatic rings. The Labute approximate surface area is 195 Å². The molecule has 2 bridgehead atoms. The van der Waals surface area contributed by atoms with E-state index >= 15 is 0 Å². The first-order chi connectivity index (χ1) is 13.3. The molecule has 1 amide bonds. The molecule has 1 aromatic heterocycles. The number of carbonyl (C=O) groups excluding carboxylic acids is 1. The third-order valence-electron chi connectivity index (χ3n) is 5.51. The lowest BCUT2D eigenvalue weighted by atomic mass is 9.98. The Bertz CT molecular complexity index is 675. The van der Waals surface area contributed by atoms with Gasteiger partial charge in [-0.3, -0.25) is 4.99 Å². The Balaban J connectivity index is 0.00000300. The second kappa shape index (κ2) is 10.3. The first-order valence-electron chi connectivity index (χ1n) is 10.3. The molecule has 0 aromatic carbocycles. The predicted molar refractivity (Wildman–Crippen MR) is 131 cm³/mol. The van der Waals surface area contributed by atoms with Crippen LogP contribution in [0.2, 0.25) is 0 Å². The smallest absolute Gasteiger partial charge is 0.410 e. The number of fused-ring (bicyclic) bond motifs is 2. The maximum Gasteiger partial charge on any atom is 0.410 e. The molecule has 2 N–H and O–H groups in total. The highest BCUT2D eigenvalue weighted by atomic mass is 127. The van der Waals surface area contributed by atoms with E-state index in [0.29, 0.717) is 12.0 Å². The van der Waals surface area contributed by atoms with Crippen molar-refractivity contribution in [1.29, 1.82) is 0 Å². The molecule has 3 atom stereocenters. The van der Waals surface area contributed by atoms with Crippen molar-refractivity contribution >= 4 is 47.4 Å². The summed E-state index contributed by atoms with van der Waals surface area (Å²) in [4.78, 5) is 20.4. The van der Waals surface area contributed by atoms with Crippen LogP contribution in [0.1, 0.15) is 64.2 Å². The molecule has 2 saturated heterocycles. The Kier molecular flexibility index (Phi) is 8.63. The zero-order chi connectivity index (χ0) is 20.3. The number of nitrogens with zero attached hydrogens (tertiary/aromatic N) is 2. The average molecular weight is 535 g/mol. The van der Waals surface area contributed by atoms with E-state index in [1.54, 1.807) is 11.3 Å². The summed E-state index contributed by atoms with van der Waals surface area (Å²) in [6.07, 6.45) is 3.84. The Morgan fingerprint density at radius 3 is 2.52 bits per heavy atom. The molecule has 29 heavy (non-hydrogen) atoms. The number of guanidine groups is 1. The Hall–Kier alpha value is -1.03. The molecule has 6 nitrogen and oxygen atoms in total. The Morgan fingerprint density at radius 2 is 2.00 bits per heavy atom. The van der Waals surface area contributed by atoms with Crippen LogP contribution in [-0.4, -0.2) is 54.3 Å². The number of amides is 1. The second-order valence-electron chi connectivity index (χ2n) is 8.95. The van der Waals surface area contributed by atoms with Crippen molar-refractivity contribution in [2.75, 3.05) is 13.6 Å². The van der Waals surface area contributed by atoms with Crippen LogP contribution in [0.5, 0.6) is 0 Å². The number of thiophene rings is 1. The minimum Gasteiger partial charge on any atom is -0.444 e. The van der Waals surface area contributed by atoms with Crippen LogP contribution in [-0.2, 0) is 4.74 Å². The van der Waals surface area contributed by atoms with Crippen LogP contribution in [0.4, 0.5) is 4.79 Å². The van der Waals surface area contributed by atoms with Gasteiger partial charge in [-0.15, -0.1) is 35.3 Å². The van der Waals surface area contributed by atoms with Crippen LogP contribution in [0, 0.1) is 0 Å². The second-order valence-corrected chi connectivity index (χ2v) is 9.93. The minimum atomic E-state index is -0.448. The van der Waals surface area contributed by atoms with Crippen molar-refractivity contribution < 1.29 is 9.53 Å². The van der Waals surface area contributed by atoms with E-state index in [-0.39, 0.29) is 42.2 Å². The number of hydrogen-bond acceptors (Lipinski definition) is 4. The third kappa shape index (κ3) is 6.47. The monoisotopic (exact) mass is 534 g/mol. The van der Waals surface area contributed by atoms with Crippen molar-refractivity contribution in [3.63, 3.8) is 0 Å². The molecule has 0 aliphatic carbocycles. The summed E-state index contributed by atoms with van der Waals surface area (Å²) < 4.78 is 5.63. The van der Waals surface area contributed by atoms with Gasteiger partial charge in [0, 0.05) is 42.5 Å². The lowest BCUT2D eigenvalue weighted by Crippen LogP contribution is -2.55. The van der Waals surface area contributed by atoms with E-state index in [9.17, 15) is 4.79 Å².